The highest BCUT2D eigenvalue weighted by Crippen LogP contribution is 2.28. The summed E-state index contributed by atoms with van der Waals surface area (Å²) < 4.78 is 3.38. The van der Waals surface area contributed by atoms with Gasteiger partial charge in [-0.05, 0) is 31.0 Å². The lowest BCUT2D eigenvalue weighted by molar-refractivity contribution is 0.499. The topological polar surface area (TPSA) is 76.3 Å². The maximum absolute atomic E-state index is 12.9. The molecule has 2 aromatic heterocycles. The van der Waals surface area contributed by atoms with E-state index in [4.69, 9.17) is 0 Å². The zero-order valence-corrected chi connectivity index (χ0v) is 17.2. The number of nitrogens with zero attached hydrogens (tertiary/aromatic N) is 6. The molecule has 30 heavy (non-hydrogen) atoms. The Hall–Kier alpha value is -3.16. The van der Waals surface area contributed by atoms with Crippen LogP contribution in [0.2, 0.25) is 0 Å². The van der Waals surface area contributed by atoms with Crippen LogP contribution in [0.1, 0.15) is 31.7 Å². The molecule has 0 radical (unpaired) electrons. The highest BCUT2D eigenvalue weighted by atomic mass is 16.1. The van der Waals surface area contributed by atoms with Gasteiger partial charge in [0.1, 0.15) is 0 Å². The summed E-state index contributed by atoms with van der Waals surface area (Å²) in [5.74, 6) is 0.507. The summed E-state index contributed by atoms with van der Waals surface area (Å²) in [6, 6.07) is 6.22. The predicted octanol–water partition coefficient (Wildman–Crippen LogP) is 1.93. The van der Waals surface area contributed by atoms with Gasteiger partial charge in [-0.1, -0.05) is 12.8 Å². The van der Waals surface area contributed by atoms with Crippen molar-refractivity contribution in [3.05, 3.63) is 57.6 Å². The van der Waals surface area contributed by atoms with Gasteiger partial charge in [0.25, 0.3) is 11.1 Å². The molecule has 2 aliphatic rings. The van der Waals surface area contributed by atoms with Crippen LogP contribution in [0.25, 0.3) is 10.9 Å². The Kier molecular flexibility index (Phi) is 4.77. The average molecular weight is 406 g/mol. The summed E-state index contributed by atoms with van der Waals surface area (Å²) in [5.41, 5.74) is 1.79. The number of piperazine rings is 1. The first kappa shape index (κ1) is 18.8. The summed E-state index contributed by atoms with van der Waals surface area (Å²) >= 11 is 0. The van der Waals surface area contributed by atoms with E-state index < -0.39 is 0 Å². The molecular formula is C22H26N6O2. The van der Waals surface area contributed by atoms with E-state index in [0.717, 1.165) is 50.2 Å². The Balaban J connectivity index is 1.36. The molecule has 8 nitrogen and oxygen atoms in total. The molecular weight excluding hydrogens is 380 g/mol. The van der Waals surface area contributed by atoms with E-state index in [1.165, 1.54) is 12.8 Å². The highest BCUT2D eigenvalue weighted by molar-refractivity contribution is 5.81. The van der Waals surface area contributed by atoms with Crippen molar-refractivity contribution in [3.63, 3.8) is 0 Å². The van der Waals surface area contributed by atoms with E-state index in [1.807, 2.05) is 27.7 Å². The van der Waals surface area contributed by atoms with Gasteiger partial charge in [0.05, 0.1) is 17.2 Å². The summed E-state index contributed by atoms with van der Waals surface area (Å²) in [6.07, 6.45) is 9.56. The van der Waals surface area contributed by atoms with Crippen LogP contribution in [0.4, 0.5) is 11.5 Å². The molecule has 0 spiro atoms. The van der Waals surface area contributed by atoms with Gasteiger partial charge in [0.15, 0.2) is 5.82 Å². The van der Waals surface area contributed by atoms with Crippen molar-refractivity contribution in [1.82, 2.24) is 19.1 Å². The third-order valence-electron chi connectivity index (χ3n) is 6.43. The zero-order valence-electron chi connectivity index (χ0n) is 17.2. The fraction of sp³-hybridized carbons (Fsp3) is 0.455. The Labute approximate surface area is 174 Å². The lowest BCUT2D eigenvalue weighted by atomic mass is 10.1. The van der Waals surface area contributed by atoms with Crippen molar-refractivity contribution >= 4 is 22.4 Å². The van der Waals surface area contributed by atoms with E-state index in [-0.39, 0.29) is 11.1 Å². The fourth-order valence-electron chi connectivity index (χ4n) is 4.64. The second-order valence-electron chi connectivity index (χ2n) is 8.24. The summed E-state index contributed by atoms with van der Waals surface area (Å²) in [5, 5.41) is 0.684. The molecule has 156 valence electrons. The minimum atomic E-state index is -0.0700. The molecule has 5 rings (SSSR count). The van der Waals surface area contributed by atoms with Crippen LogP contribution in [0, 0.1) is 0 Å². The lowest BCUT2D eigenvalue weighted by Crippen LogP contribution is -2.48. The second-order valence-corrected chi connectivity index (χ2v) is 8.24. The quantitative estimate of drug-likeness (QED) is 0.662. The third kappa shape index (κ3) is 3.26. The van der Waals surface area contributed by atoms with Crippen LogP contribution in [0.5, 0.6) is 0 Å². The number of aryl methyl sites for hydroxylation is 1. The summed E-state index contributed by atoms with van der Waals surface area (Å²) in [4.78, 5) is 38.4. The van der Waals surface area contributed by atoms with Crippen LogP contribution in [-0.4, -0.2) is 45.3 Å². The molecule has 2 fully saturated rings. The van der Waals surface area contributed by atoms with E-state index in [0.29, 0.717) is 17.2 Å². The number of fused-ring (bicyclic) bond motifs is 1. The van der Waals surface area contributed by atoms with Gasteiger partial charge >= 0.3 is 0 Å². The Morgan fingerprint density at radius 2 is 1.67 bits per heavy atom. The molecule has 8 heteroatoms. The number of anilines is 2. The predicted molar refractivity (Wildman–Crippen MR) is 117 cm³/mol. The maximum Gasteiger partial charge on any atom is 0.293 e. The van der Waals surface area contributed by atoms with Crippen LogP contribution in [0.3, 0.4) is 0 Å². The number of benzene rings is 1. The molecule has 0 atom stereocenters. The molecule has 3 aromatic rings. The Morgan fingerprint density at radius 3 is 2.43 bits per heavy atom. The SMILES string of the molecule is Cn1ccnc(N2CCN(c3ccc4c(=O)n(C5CCCC5)cnc4c3)CC2)c1=O. The van der Waals surface area contributed by atoms with Crippen molar-refractivity contribution in [1.29, 1.82) is 0 Å². The first-order valence-electron chi connectivity index (χ1n) is 10.6. The molecule has 1 aromatic carbocycles. The van der Waals surface area contributed by atoms with Crippen molar-refractivity contribution in [2.45, 2.75) is 31.7 Å². The molecule has 1 aliphatic heterocycles. The van der Waals surface area contributed by atoms with Gasteiger partial charge in [-0.2, -0.15) is 0 Å². The standard InChI is InChI=1S/C22H26N6O2/c1-25-9-8-23-20(22(25)30)27-12-10-26(11-13-27)17-6-7-18-19(14-17)24-15-28(21(18)29)16-4-2-3-5-16/h6-9,14-16H,2-5,10-13H2,1H3. The van der Waals surface area contributed by atoms with Crippen LogP contribution in [-0.2, 0) is 7.05 Å². The molecule has 0 amide bonds. The Bertz CT molecular complexity index is 1190. The van der Waals surface area contributed by atoms with Gasteiger partial charge < -0.3 is 14.4 Å². The minimum absolute atomic E-state index is 0.0641. The lowest BCUT2D eigenvalue weighted by Gasteiger charge is -2.36. The van der Waals surface area contributed by atoms with Gasteiger partial charge in [0, 0.05) is 57.3 Å². The number of rotatable bonds is 3. The van der Waals surface area contributed by atoms with E-state index in [9.17, 15) is 9.59 Å². The molecule has 1 aliphatic carbocycles. The summed E-state index contributed by atoms with van der Waals surface area (Å²) in [6.45, 7) is 3.01. The second kappa shape index (κ2) is 7.59. The van der Waals surface area contributed by atoms with Gasteiger partial charge in [-0.15, -0.1) is 0 Å². The molecule has 0 N–H and O–H groups in total. The van der Waals surface area contributed by atoms with Gasteiger partial charge in [-0.3, -0.25) is 14.2 Å². The average Bonchev–Trinajstić information content (AvgIpc) is 3.30. The third-order valence-corrected chi connectivity index (χ3v) is 6.43. The molecule has 3 heterocycles. The van der Waals surface area contributed by atoms with E-state index >= 15 is 0 Å². The largest absolute Gasteiger partial charge is 0.368 e. The monoisotopic (exact) mass is 406 g/mol. The van der Waals surface area contributed by atoms with Crippen molar-refractivity contribution in [2.24, 2.45) is 7.05 Å². The van der Waals surface area contributed by atoms with E-state index in [2.05, 4.69) is 14.9 Å². The minimum Gasteiger partial charge on any atom is -0.368 e. The Morgan fingerprint density at radius 1 is 0.933 bits per heavy atom. The van der Waals surface area contributed by atoms with Crippen molar-refractivity contribution < 1.29 is 0 Å². The van der Waals surface area contributed by atoms with Gasteiger partial charge in [-0.25, -0.2) is 9.97 Å². The van der Waals surface area contributed by atoms with Crippen LogP contribution < -0.4 is 20.9 Å². The van der Waals surface area contributed by atoms with E-state index in [1.54, 1.807) is 30.3 Å². The van der Waals surface area contributed by atoms with Crippen LogP contribution in [0.15, 0.2) is 46.5 Å². The smallest absolute Gasteiger partial charge is 0.293 e. The molecule has 0 bridgehead atoms. The highest BCUT2D eigenvalue weighted by Gasteiger charge is 2.22. The number of aromatic nitrogens is 4. The maximum atomic E-state index is 12.9. The molecule has 0 unspecified atom stereocenters. The van der Waals surface area contributed by atoms with Crippen molar-refractivity contribution in [3.8, 4) is 0 Å². The fourth-order valence-corrected chi connectivity index (χ4v) is 4.64. The molecule has 1 saturated carbocycles. The summed E-state index contributed by atoms with van der Waals surface area (Å²) in [7, 11) is 1.74. The zero-order chi connectivity index (χ0) is 20.7. The first-order valence-corrected chi connectivity index (χ1v) is 10.6. The van der Waals surface area contributed by atoms with Gasteiger partial charge in [0.2, 0.25) is 0 Å². The van der Waals surface area contributed by atoms with Crippen molar-refractivity contribution in [2.75, 3.05) is 36.0 Å². The normalized spacial score (nSPS) is 17.8. The molecule has 1 saturated heterocycles. The van der Waals surface area contributed by atoms with Crippen LogP contribution >= 0.6 is 0 Å². The first-order chi connectivity index (χ1) is 14.6. The number of hydrogen-bond acceptors (Lipinski definition) is 6. The number of hydrogen-bond donors (Lipinski definition) is 0.